The first-order valence-electron chi connectivity index (χ1n) is 6.60. The van der Waals surface area contributed by atoms with Gasteiger partial charge in [0, 0.05) is 11.1 Å². The van der Waals surface area contributed by atoms with Crippen molar-refractivity contribution >= 4 is 9.84 Å². The first-order valence-corrected chi connectivity index (χ1v) is 8.08. The predicted octanol–water partition coefficient (Wildman–Crippen LogP) is 3.62. The van der Waals surface area contributed by atoms with E-state index in [-0.39, 0.29) is 0 Å². The summed E-state index contributed by atoms with van der Waals surface area (Å²) in [6.45, 7) is 4.19. The second kappa shape index (κ2) is 4.20. The van der Waals surface area contributed by atoms with Gasteiger partial charge in [-0.25, -0.2) is 8.42 Å². The molecule has 98 valence electrons. The van der Waals surface area contributed by atoms with Crippen molar-refractivity contribution in [3.8, 4) is 11.1 Å². The molecule has 1 heterocycles. The molecule has 0 fully saturated rings. The van der Waals surface area contributed by atoms with E-state index in [0.29, 0.717) is 9.79 Å². The van der Waals surface area contributed by atoms with Crippen LogP contribution in [0.3, 0.4) is 0 Å². The Morgan fingerprint density at radius 3 is 2.32 bits per heavy atom. The number of aryl methyl sites for hydroxylation is 1. The standard InChI is InChI=1S/C16H16O2S/c1-3-11-9-10-15-16(12(11)4-2)13-7-5-6-8-14(13)19(15,17)18/h5-10H,3-4H2,1-2H3. The fraction of sp³-hybridized carbons (Fsp3) is 0.250. The van der Waals surface area contributed by atoms with Crippen LogP contribution in [0.1, 0.15) is 25.0 Å². The minimum absolute atomic E-state index is 0.452. The highest BCUT2D eigenvalue weighted by molar-refractivity contribution is 7.92. The van der Waals surface area contributed by atoms with Crippen molar-refractivity contribution in [2.75, 3.05) is 0 Å². The average molecular weight is 272 g/mol. The van der Waals surface area contributed by atoms with Gasteiger partial charge in [0.15, 0.2) is 0 Å². The molecule has 19 heavy (non-hydrogen) atoms. The van der Waals surface area contributed by atoms with Crippen LogP contribution < -0.4 is 0 Å². The summed E-state index contributed by atoms with van der Waals surface area (Å²) in [5.74, 6) is 0. The highest BCUT2D eigenvalue weighted by Crippen LogP contribution is 2.45. The minimum atomic E-state index is -3.32. The van der Waals surface area contributed by atoms with E-state index in [1.165, 1.54) is 11.1 Å². The van der Waals surface area contributed by atoms with Crippen molar-refractivity contribution in [3.05, 3.63) is 47.5 Å². The van der Waals surface area contributed by atoms with Crippen molar-refractivity contribution < 1.29 is 8.42 Å². The fourth-order valence-corrected chi connectivity index (χ4v) is 4.65. The minimum Gasteiger partial charge on any atom is -0.218 e. The molecule has 0 radical (unpaired) electrons. The van der Waals surface area contributed by atoms with Gasteiger partial charge >= 0.3 is 0 Å². The average Bonchev–Trinajstić information content (AvgIpc) is 2.67. The molecular formula is C16H16O2S. The lowest BCUT2D eigenvalue weighted by Crippen LogP contribution is -1.99. The number of hydrogen-bond acceptors (Lipinski definition) is 2. The number of hydrogen-bond donors (Lipinski definition) is 0. The van der Waals surface area contributed by atoms with Crippen LogP contribution >= 0.6 is 0 Å². The molecule has 3 heteroatoms. The summed E-state index contributed by atoms with van der Waals surface area (Å²) in [6, 6.07) is 11.0. The largest absolute Gasteiger partial charge is 0.218 e. The zero-order chi connectivity index (χ0) is 13.6. The van der Waals surface area contributed by atoms with Gasteiger partial charge in [-0.3, -0.25) is 0 Å². The third-order valence-corrected chi connectivity index (χ3v) is 5.70. The predicted molar refractivity (Wildman–Crippen MR) is 76.1 cm³/mol. The summed E-state index contributed by atoms with van der Waals surface area (Å²) < 4.78 is 25.1. The van der Waals surface area contributed by atoms with Crippen molar-refractivity contribution in [1.29, 1.82) is 0 Å². The molecule has 0 saturated heterocycles. The van der Waals surface area contributed by atoms with E-state index in [4.69, 9.17) is 0 Å². The fourth-order valence-electron chi connectivity index (χ4n) is 2.95. The molecule has 0 spiro atoms. The van der Waals surface area contributed by atoms with Crippen molar-refractivity contribution in [2.24, 2.45) is 0 Å². The number of sulfone groups is 1. The van der Waals surface area contributed by atoms with Gasteiger partial charge in [-0.15, -0.1) is 0 Å². The Hall–Kier alpha value is -1.61. The van der Waals surface area contributed by atoms with Gasteiger partial charge in [0.25, 0.3) is 0 Å². The molecule has 2 nitrogen and oxygen atoms in total. The summed E-state index contributed by atoms with van der Waals surface area (Å²) in [4.78, 5) is 0.927. The van der Waals surface area contributed by atoms with Crippen LogP contribution in [-0.4, -0.2) is 8.42 Å². The molecule has 0 aliphatic carbocycles. The lowest BCUT2D eigenvalue weighted by Gasteiger charge is -2.11. The molecule has 3 rings (SSSR count). The number of fused-ring (bicyclic) bond motifs is 3. The number of rotatable bonds is 2. The Morgan fingerprint density at radius 1 is 0.895 bits per heavy atom. The normalized spacial score (nSPS) is 15.1. The molecule has 0 saturated carbocycles. The summed E-state index contributed by atoms with van der Waals surface area (Å²) in [5, 5.41) is 0. The van der Waals surface area contributed by atoms with E-state index in [0.717, 1.165) is 24.0 Å². The van der Waals surface area contributed by atoms with E-state index in [1.54, 1.807) is 18.2 Å². The zero-order valence-corrected chi connectivity index (χ0v) is 11.9. The molecule has 0 amide bonds. The van der Waals surface area contributed by atoms with Crippen LogP contribution in [0.25, 0.3) is 11.1 Å². The highest BCUT2D eigenvalue weighted by atomic mass is 32.2. The second-order valence-corrected chi connectivity index (χ2v) is 6.67. The second-order valence-electron chi connectivity index (χ2n) is 4.78. The number of benzene rings is 2. The van der Waals surface area contributed by atoms with Gasteiger partial charge in [-0.2, -0.15) is 0 Å². The first kappa shape index (κ1) is 12.4. The van der Waals surface area contributed by atoms with E-state index in [2.05, 4.69) is 13.8 Å². The molecule has 0 aromatic heterocycles. The van der Waals surface area contributed by atoms with Crippen molar-refractivity contribution in [2.45, 2.75) is 36.5 Å². The Balaban J connectivity index is 2.47. The van der Waals surface area contributed by atoms with Crippen molar-refractivity contribution in [3.63, 3.8) is 0 Å². The quantitative estimate of drug-likeness (QED) is 0.714. The maximum atomic E-state index is 12.5. The summed E-state index contributed by atoms with van der Waals surface area (Å²) in [5.41, 5.74) is 4.21. The van der Waals surface area contributed by atoms with Crippen LogP contribution in [0, 0.1) is 0 Å². The molecule has 2 aromatic rings. The summed E-state index contributed by atoms with van der Waals surface area (Å²) >= 11 is 0. The summed E-state index contributed by atoms with van der Waals surface area (Å²) in [7, 11) is -3.32. The van der Waals surface area contributed by atoms with Crippen LogP contribution in [0.4, 0.5) is 0 Å². The van der Waals surface area contributed by atoms with Crippen LogP contribution in [0.2, 0.25) is 0 Å². The molecule has 0 unspecified atom stereocenters. The molecule has 0 N–H and O–H groups in total. The molecular weight excluding hydrogens is 256 g/mol. The molecule has 1 aliphatic heterocycles. The molecule has 0 bridgehead atoms. The van der Waals surface area contributed by atoms with Crippen LogP contribution in [0.15, 0.2) is 46.2 Å². The van der Waals surface area contributed by atoms with Gasteiger partial charge in [-0.1, -0.05) is 38.1 Å². The Morgan fingerprint density at radius 2 is 1.63 bits per heavy atom. The zero-order valence-electron chi connectivity index (χ0n) is 11.1. The van der Waals surface area contributed by atoms with Crippen LogP contribution in [0.5, 0.6) is 0 Å². The molecule has 1 aliphatic rings. The lowest BCUT2D eigenvalue weighted by molar-refractivity contribution is 0.598. The van der Waals surface area contributed by atoms with Gasteiger partial charge in [0.1, 0.15) is 0 Å². The van der Waals surface area contributed by atoms with Gasteiger partial charge in [0.2, 0.25) is 9.84 Å². The third-order valence-electron chi connectivity index (χ3n) is 3.84. The van der Waals surface area contributed by atoms with E-state index < -0.39 is 9.84 Å². The molecule has 0 atom stereocenters. The van der Waals surface area contributed by atoms with E-state index in [9.17, 15) is 8.42 Å². The maximum absolute atomic E-state index is 12.5. The summed E-state index contributed by atoms with van der Waals surface area (Å²) in [6.07, 6.45) is 1.79. The van der Waals surface area contributed by atoms with Gasteiger partial charge in [-0.05, 0) is 36.1 Å². The monoisotopic (exact) mass is 272 g/mol. The Labute approximate surface area is 114 Å². The van der Waals surface area contributed by atoms with Gasteiger partial charge < -0.3 is 0 Å². The topological polar surface area (TPSA) is 34.1 Å². The van der Waals surface area contributed by atoms with E-state index >= 15 is 0 Å². The Kier molecular flexibility index (Phi) is 2.75. The Bertz CT molecular complexity index is 758. The smallest absolute Gasteiger partial charge is 0.207 e. The van der Waals surface area contributed by atoms with Gasteiger partial charge in [0.05, 0.1) is 9.79 Å². The highest BCUT2D eigenvalue weighted by Gasteiger charge is 2.34. The maximum Gasteiger partial charge on any atom is 0.207 e. The third kappa shape index (κ3) is 1.58. The van der Waals surface area contributed by atoms with E-state index in [1.807, 2.05) is 18.2 Å². The SMILES string of the molecule is CCc1ccc2c(c1CC)-c1ccccc1S2(=O)=O. The first-order chi connectivity index (χ1) is 9.11. The van der Waals surface area contributed by atoms with Crippen molar-refractivity contribution in [1.82, 2.24) is 0 Å². The lowest BCUT2D eigenvalue weighted by atomic mass is 9.93. The molecule has 2 aromatic carbocycles. The van der Waals surface area contributed by atoms with Crippen LogP contribution in [-0.2, 0) is 22.7 Å².